The van der Waals surface area contributed by atoms with Gasteiger partial charge in [-0.05, 0) is 6.92 Å². The first-order valence-corrected chi connectivity index (χ1v) is 5.30. The van der Waals surface area contributed by atoms with E-state index in [0.29, 0.717) is 10.7 Å². The zero-order valence-electron chi connectivity index (χ0n) is 9.11. The summed E-state index contributed by atoms with van der Waals surface area (Å²) < 4.78 is 5.09. The van der Waals surface area contributed by atoms with Gasteiger partial charge in [0.05, 0.1) is 5.03 Å². The van der Waals surface area contributed by atoms with Crippen LogP contribution in [-0.4, -0.2) is 19.1 Å². The van der Waals surface area contributed by atoms with Crippen molar-refractivity contribution < 1.29 is 9.57 Å². The highest BCUT2D eigenvalue weighted by Crippen LogP contribution is 2.25. The highest BCUT2D eigenvalue weighted by molar-refractivity contribution is 6.46. The minimum Gasteiger partial charge on any atom is -0.358 e. The van der Waals surface area contributed by atoms with Crippen molar-refractivity contribution in [3.05, 3.63) is 46.5 Å². The van der Waals surface area contributed by atoms with Gasteiger partial charge in [-0.2, -0.15) is 0 Å². The van der Waals surface area contributed by atoms with E-state index in [4.69, 9.17) is 21.2 Å². The summed E-state index contributed by atoms with van der Waals surface area (Å²) in [6.07, 6.45) is -0.486. The lowest BCUT2D eigenvalue weighted by atomic mass is 10.1. The number of hydrogen-bond acceptors (Lipinski definition) is 3. The van der Waals surface area contributed by atoms with E-state index in [1.807, 2.05) is 37.3 Å². The predicted octanol–water partition coefficient (Wildman–Crippen LogP) is 2.91. The van der Waals surface area contributed by atoms with E-state index in [1.165, 1.54) is 0 Å². The Morgan fingerprint density at radius 2 is 2.00 bits per heavy atom. The number of rotatable bonds is 2. The van der Waals surface area contributed by atoms with Crippen LogP contribution in [0.15, 0.2) is 46.1 Å². The van der Waals surface area contributed by atoms with Crippen LogP contribution in [0.3, 0.4) is 0 Å². The molecule has 0 spiro atoms. The standard InChI is InChI=1S/C12H12ClNO2/c1-8-10(13)11(14-16-12(8)15-2)9-6-4-3-5-7-9/h3-7,12H,1-2H3. The molecule has 1 heterocycles. The Kier molecular flexibility index (Phi) is 3.27. The monoisotopic (exact) mass is 237 g/mol. The molecule has 0 fully saturated rings. The molecule has 4 heteroatoms. The predicted molar refractivity (Wildman–Crippen MR) is 63.4 cm³/mol. The van der Waals surface area contributed by atoms with Gasteiger partial charge in [0, 0.05) is 18.2 Å². The number of halogens is 1. The minimum absolute atomic E-state index is 0.486. The molecule has 1 aliphatic heterocycles. The van der Waals surface area contributed by atoms with Gasteiger partial charge >= 0.3 is 0 Å². The van der Waals surface area contributed by atoms with E-state index in [2.05, 4.69) is 5.16 Å². The molecule has 84 valence electrons. The fourth-order valence-corrected chi connectivity index (χ4v) is 1.74. The summed E-state index contributed by atoms with van der Waals surface area (Å²) in [4.78, 5) is 5.20. The first-order chi connectivity index (χ1) is 7.74. The van der Waals surface area contributed by atoms with Crippen LogP contribution in [0.4, 0.5) is 0 Å². The Labute approximate surface area is 99.3 Å². The highest BCUT2D eigenvalue weighted by atomic mass is 35.5. The third kappa shape index (κ3) is 1.96. The molecule has 0 saturated heterocycles. The first-order valence-electron chi connectivity index (χ1n) is 4.92. The maximum Gasteiger partial charge on any atom is 0.250 e. The molecule has 0 N–H and O–H groups in total. The smallest absolute Gasteiger partial charge is 0.250 e. The molecule has 0 amide bonds. The van der Waals surface area contributed by atoms with Crippen LogP contribution in [0.25, 0.3) is 0 Å². The maximum atomic E-state index is 6.23. The number of hydrogen-bond donors (Lipinski definition) is 0. The topological polar surface area (TPSA) is 30.8 Å². The molecule has 0 radical (unpaired) electrons. The van der Waals surface area contributed by atoms with Crippen LogP contribution in [-0.2, 0) is 9.57 Å². The quantitative estimate of drug-likeness (QED) is 0.792. The largest absolute Gasteiger partial charge is 0.358 e. The van der Waals surface area contributed by atoms with Gasteiger partial charge in [-0.15, -0.1) is 0 Å². The van der Waals surface area contributed by atoms with Gasteiger partial charge in [0.25, 0.3) is 0 Å². The summed E-state index contributed by atoms with van der Waals surface area (Å²) in [5.74, 6) is 0. The average Bonchev–Trinajstić information content (AvgIpc) is 2.34. The van der Waals surface area contributed by atoms with Crippen molar-refractivity contribution in [3.63, 3.8) is 0 Å². The van der Waals surface area contributed by atoms with Crippen molar-refractivity contribution in [3.8, 4) is 0 Å². The van der Waals surface area contributed by atoms with Crippen molar-refractivity contribution in [2.45, 2.75) is 13.2 Å². The van der Waals surface area contributed by atoms with Crippen LogP contribution < -0.4 is 0 Å². The van der Waals surface area contributed by atoms with Crippen LogP contribution in [0.2, 0.25) is 0 Å². The molecule has 0 bridgehead atoms. The molecular formula is C12H12ClNO2. The van der Waals surface area contributed by atoms with E-state index < -0.39 is 6.29 Å². The van der Waals surface area contributed by atoms with Crippen LogP contribution in [0, 0.1) is 0 Å². The number of allylic oxidation sites excluding steroid dienone is 1. The molecule has 1 aromatic rings. The summed E-state index contributed by atoms with van der Waals surface area (Å²) >= 11 is 6.23. The molecule has 1 atom stereocenters. The van der Waals surface area contributed by atoms with E-state index in [1.54, 1.807) is 7.11 Å². The maximum absolute atomic E-state index is 6.23. The van der Waals surface area contributed by atoms with E-state index >= 15 is 0 Å². The second-order valence-corrected chi connectivity index (χ2v) is 3.85. The number of benzene rings is 1. The second-order valence-electron chi connectivity index (χ2n) is 3.48. The SMILES string of the molecule is COC1ON=C(c2ccccc2)C(Cl)=C1C. The van der Waals surface area contributed by atoms with Gasteiger partial charge in [0.15, 0.2) is 0 Å². The van der Waals surface area contributed by atoms with Gasteiger partial charge < -0.3 is 9.57 Å². The fraction of sp³-hybridized carbons (Fsp3) is 0.250. The second kappa shape index (κ2) is 4.68. The lowest BCUT2D eigenvalue weighted by Crippen LogP contribution is -2.22. The molecule has 0 aromatic heterocycles. The third-order valence-electron chi connectivity index (χ3n) is 2.41. The van der Waals surface area contributed by atoms with E-state index in [-0.39, 0.29) is 0 Å². The molecular weight excluding hydrogens is 226 g/mol. The van der Waals surface area contributed by atoms with E-state index in [9.17, 15) is 0 Å². The summed E-state index contributed by atoms with van der Waals surface area (Å²) in [5.41, 5.74) is 2.41. The minimum atomic E-state index is -0.486. The Balaban J connectivity index is 2.36. The third-order valence-corrected chi connectivity index (χ3v) is 2.89. The van der Waals surface area contributed by atoms with E-state index in [0.717, 1.165) is 11.1 Å². The summed E-state index contributed by atoms with van der Waals surface area (Å²) in [6, 6.07) is 9.67. The molecule has 1 aliphatic rings. The summed E-state index contributed by atoms with van der Waals surface area (Å²) in [7, 11) is 1.56. The number of nitrogens with zero attached hydrogens (tertiary/aromatic N) is 1. The van der Waals surface area contributed by atoms with Crippen molar-refractivity contribution in [1.29, 1.82) is 0 Å². The molecule has 0 saturated carbocycles. The normalized spacial score (nSPS) is 20.4. The zero-order valence-corrected chi connectivity index (χ0v) is 9.86. The molecule has 3 nitrogen and oxygen atoms in total. The average molecular weight is 238 g/mol. The Morgan fingerprint density at radius 3 is 2.62 bits per heavy atom. The Bertz CT molecular complexity index is 440. The molecule has 16 heavy (non-hydrogen) atoms. The molecule has 1 unspecified atom stereocenters. The Morgan fingerprint density at radius 1 is 1.31 bits per heavy atom. The van der Waals surface area contributed by atoms with Gasteiger partial charge in [-0.25, -0.2) is 0 Å². The van der Waals surface area contributed by atoms with Crippen molar-refractivity contribution >= 4 is 17.3 Å². The lowest BCUT2D eigenvalue weighted by Gasteiger charge is -2.21. The Hall–Kier alpha value is -1.32. The zero-order chi connectivity index (χ0) is 11.5. The lowest BCUT2D eigenvalue weighted by molar-refractivity contribution is -0.0992. The van der Waals surface area contributed by atoms with Gasteiger partial charge in [0.1, 0.15) is 5.71 Å². The summed E-state index contributed by atoms with van der Waals surface area (Å²) in [5, 5.41) is 4.57. The number of methoxy groups -OCH3 is 1. The molecule has 1 aromatic carbocycles. The van der Waals surface area contributed by atoms with Crippen molar-refractivity contribution in [2.24, 2.45) is 5.16 Å². The fourth-order valence-electron chi connectivity index (χ4n) is 1.51. The van der Waals surface area contributed by atoms with Gasteiger partial charge in [-0.1, -0.05) is 47.1 Å². The summed E-state index contributed by atoms with van der Waals surface area (Å²) in [6.45, 7) is 1.87. The molecule has 0 aliphatic carbocycles. The van der Waals surface area contributed by atoms with Crippen molar-refractivity contribution in [1.82, 2.24) is 0 Å². The number of oxime groups is 1. The van der Waals surface area contributed by atoms with Crippen LogP contribution >= 0.6 is 11.6 Å². The molecule has 2 rings (SSSR count). The van der Waals surface area contributed by atoms with Crippen LogP contribution in [0.1, 0.15) is 12.5 Å². The van der Waals surface area contributed by atoms with Crippen molar-refractivity contribution in [2.75, 3.05) is 7.11 Å². The first kappa shape index (κ1) is 11.2. The number of ether oxygens (including phenoxy) is 1. The van der Waals surface area contributed by atoms with Gasteiger partial charge in [-0.3, -0.25) is 0 Å². The van der Waals surface area contributed by atoms with Gasteiger partial charge in [0.2, 0.25) is 6.29 Å². The van der Waals surface area contributed by atoms with Crippen LogP contribution in [0.5, 0.6) is 0 Å². The highest BCUT2D eigenvalue weighted by Gasteiger charge is 2.24.